The number of nitrogens with one attached hydrogen (secondary N) is 1. The van der Waals surface area contributed by atoms with Crippen molar-refractivity contribution in [2.75, 3.05) is 18.4 Å². The lowest BCUT2D eigenvalue weighted by molar-refractivity contribution is -0.114. The molecule has 2 aromatic rings. The Morgan fingerprint density at radius 1 is 1.24 bits per heavy atom. The second kappa shape index (κ2) is 8.19. The van der Waals surface area contributed by atoms with Crippen molar-refractivity contribution in [1.82, 2.24) is 14.9 Å². The monoisotopic (exact) mass is 396 g/mol. The number of anilines is 1. The first-order valence-corrected chi connectivity index (χ1v) is 9.81. The van der Waals surface area contributed by atoms with Gasteiger partial charge in [0.25, 0.3) is 0 Å². The highest BCUT2D eigenvalue weighted by molar-refractivity contribution is 5.87. The van der Waals surface area contributed by atoms with Crippen molar-refractivity contribution in [2.24, 2.45) is 5.41 Å². The minimum Gasteiger partial charge on any atom is -0.465 e. The van der Waals surface area contributed by atoms with Gasteiger partial charge in [0.05, 0.1) is 18.1 Å². The molecular weight excluding hydrogens is 368 g/mol. The summed E-state index contributed by atoms with van der Waals surface area (Å²) in [4.78, 5) is 32.9. The van der Waals surface area contributed by atoms with Crippen molar-refractivity contribution >= 4 is 17.8 Å². The Hall–Kier alpha value is -2.96. The van der Waals surface area contributed by atoms with Crippen LogP contribution in [0.25, 0.3) is 0 Å². The average Bonchev–Trinajstić information content (AvgIpc) is 2.82. The van der Waals surface area contributed by atoms with E-state index in [9.17, 15) is 14.7 Å². The van der Waals surface area contributed by atoms with Gasteiger partial charge in [-0.2, -0.15) is 0 Å². The molecule has 1 aliphatic heterocycles. The maximum Gasteiger partial charge on any atom is 0.407 e. The van der Waals surface area contributed by atoms with Gasteiger partial charge >= 0.3 is 6.09 Å². The second-order valence-corrected chi connectivity index (χ2v) is 8.68. The van der Waals surface area contributed by atoms with Crippen LogP contribution in [0.2, 0.25) is 0 Å². The van der Waals surface area contributed by atoms with Gasteiger partial charge in [-0.1, -0.05) is 39.0 Å². The molecule has 0 radical (unpaired) electrons. The Balaban J connectivity index is 1.84. The second-order valence-electron chi connectivity index (χ2n) is 8.68. The van der Waals surface area contributed by atoms with E-state index in [0.717, 1.165) is 11.3 Å². The number of hydrogen-bond acceptors (Lipinski definition) is 4. The lowest BCUT2D eigenvalue weighted by atomic mass is 9.75. The van der Waals surface area contributed by atoms with Gasteiger partial charge in [-0.25, -0.2) is 9.78 Å². The number of fused-ring (bicyclic) bond motifs is 1. The molecule has 0 spiro atoms. The predicted octanol–water partition coefficient (Wildman–Crippen LogP) is 3.69. The van der Waals surface area contributed by atoms with Crippen LogP contribution in [0.3, 0.4) is 0 Å². The van der Waals surface area contributed by atoms with Gasteiger partial charge in [0.1, 0.15) is 0 Å². The van der Waals surface area contributed by atoms with Crippen molar-refractivity contribution in [3.05, 3.63) is 53.0 Å². The largest absolute Gasteiger partial charge is 0.465 e. The molecular formula is C22H28N4O3. The third-order valence-corrected chi connectivity index (χ3v) is 5.35. The van der Waals surface area contributed by atoms with Crippen molar-refractivity contribution in [2.45, 2.75) is 46.5 Å². The maximum absolute atomic E-state index is 11.6. The van der Waals surface area contributed by atoms with E-state index in [1.807, 2.05) is 0 Å². The Morgan fingerprint density at radius 3 is 2.59 bits per heavy atom. The van der Waals surface area contributed by atoms with E-state index in [1.54, 1.807) is 12.4 Å². The standard InChI is InChI=1S/C22H28N4O3/c1-14(27)25-20-12-23-17(11-24-20)10-15-5-6-18-16(9-15)7-8-26(21(28)29)13-19(18)22(2,3)4/h5-6,9,11-12,19H,7-8,10,13H2,1-4H3,(H,28,29)(H,24,25,27). The molecule has 2 N–H and O–H groups in total. The molecule has 7 heteroatoms. The van der Waals surface area contributed by atoms with Crippen LogP contribution in [-0.4, -0.2) is 45.1 Å². The molecule has 1 atom stereocenters. The quantitative estimate of drug-likeness (QED) is 0.825. The van der Waals surface area contributed by atoms with E-state index in [2.05, 4.69) is 54.3 Å². The molecule has 1 aliphatic rings. The number of benzene rings is 1. The summed E-state index contributed by atoms with van der Waals surface area (Å²) >= 11 is 0. The summed E-state index contributed by atoms with van der Waals surface area (Å²) in [6.45, 7) is 8.93. The van der Waals surface area contributed by atoms with Crippen LogP contribution >= 0.6 is 0 Å². The summed E-state index contributed by atoms with van der Waals surface area (Å²) in [5.74, 6) is 0.397. The maximum atomic E-state index is 11.6. The van der Waals surface area contributed by atoms with Crippen LogP contribution in [0.4, 0.5) is 10.6 Å². The first-order chi connectivity index (χ1) is 13.6. The smallest absolute Gasteiger partial charge is 0.407 e. The van der Waals surface area contributed by atoms with Crippen LogP contribution in [0.1, 0.15) is 56.0 Å². The highest BCUT2D eigenvalue weighted by Gasteiger charge is 2.33. The van der Waals surface area contributed by atoms with Gasteiger partial charge in [0, 0.05) is 32.4 Å². The number of carboxylic acid groups (broad SMARTS) is 1. The van der Waals surface area contributed by atoms with Crippen LogP contribution in [0.5, 0.6) is 0 Å². The highest BCUT2D eigenvalue weighted by atomic mass is 16.4. The van der Waals surface area contributed by atoms with Gasteiger partial charge in [-0.15, -0.1) is 0 Å². The summed E-state index contributed by atoms with van der Waals surface area (Å²) in [6.07, 6.45) is 3.70. The molecule has 29 heavy (non-hydrogen) atoms. The Morgan fingerprint density at radius 2 is 2.00 bits per heavy atom. The molecule has 0 fully saturated rings. The summed E-state index contributed by atoms with van der Waals surface area (Å²) in [5.41, 5.74) is 4.32. The topological polar surface area (TPSA) is 95.4 Å². The zero-order valence-corrected chi connectivity index (χ0v) is 17.4. The molecule has 2 heterocycles. The van der Waals surface area contributed by atoms with E-state index in [0.29, 0.717) is 31.7 Å². The third-order valence-electron chi connectivity index (χ3n) is 5.35. The van der Waals surface area contributed by atoms with Gasteiger partial charge in [0.2, 0.25) is 5.91 Å². The third kappa shape index (κ3) is 5.10. The van der Waals surface area contributed by atoms with Crippen LogP contribution in [-0.2, 0) is 17.6 Å². The van der Waals surface area contributed by atoms with Crippen molar-refractivity contribution in [3.63, 3.8) is 0 Å². The van der Waals surface area contributed by atoms with Gasteiger partial charge in [-0.05, 0) is 28.5 Å². The number of amides is 2. The summed E-state index contributed by atoms with van der Waals surface area (Å²) in [6, 6.07) is 6.41. The molecule has 154 valence electrons. The molecule has 7 nitrogen and oxygen atoms in total. The number of aromatic nitrogens is 2. The summed E-state index contributed by atoms with van der Waals surface area (Å²) in [5, 5.41) is 12.1. The average molecular weight is 396 g/mol. The van der Waals surface area contributed by atoms with Crippen molar-refractivity contribution in [1.29, 1.82) is 0 Å². The van der Waals surface area contributed by atoms with E-state index >= 15 is 0 Å². The number of rotatable bonds is 3. The van der Waals surface area contributed by atoms with Gasteiger partial charge in [0.15, 0.2) is 5.82 Å². The molecule has 1 aromatic carbocycles. The van der Waals surface area contributed by atoms with Gasteiger partial charge in [-0.3, -0.25) is 9.78 Å². The first-order valence-electron chi connectivity index (χ1n) is 9.81. The summed E-state index contributed by atoms with van der Waals surface area (Å²) < 4.78 is 0. The Labute approximate surface area is 171 Å². The Bertz CT molecular complexity index is 903. The molecule has 0 saturated carbocycles. The SMILES string of the molecule is CC(=O)Nc1cnc(Cc2ccc3c(c2)CCN(C(=O)O)CC3C(C)(C)C)cn1. The molecule has 0 aliphatic carbocycles. The Kier molecular flexibility index (Phi) is 5.86. The van der Waals surface area contributed by atoms with E-state index in [-0.39, 0.29) is 17.2 Å². The first kappa shape index (κ1) is 20.8. The fourth-order valence-electron chi connectivity index (χ4n) is 3.81. The number of carbonyl (C=O) groups excluding carboxylic acids is 1. The van der Waals surface area contributed by atoms with E-state index < -0.39 is 6.09 Å². The highest BCUT2D eigenvalue weighted by Crippen LogP contribution is 2.39. The zero-order valence-electron chi connectivity index (χ0n) is 17.4. The molecule has 1 unspecified atom stereocenters. The molecule has 3 rings (SSSR count). The fourth-order valence-corrected chi connectivity index (χ4v) is 3.81. The minimum absolute atomic E-state index is 0.0423. The fraction of sp³-hybridized carbons (Fsp3) is 0.455. The molecule has 1 aromatic heterocycles. The van der Waals surface area contributed by atoms with Crippen molar-refractivity contribution < 1.29 is 14.7 Å². The minimum atomic E-state index is -0.859. The lowest BCUT2D eigenvalue weighted by Crippen LogP contribution is -2.36. The molecule has 0 bridgehead atoms. The zero-order chi connectivity index (χ0) is 21.2. The number of hydrogen-bond donors (Lipinski definition) is 2. The van der Waals surface area contributed by atoms with Crippen LogP contribution in [0, 0.1) is 5.41 Å². The lowest BCUT2D eigenvalue weighted by Gasteiger charge is -2.33. The van der Waals surface area contributed by atoms with Crippen LogP contribution in [0.15, 0.2) is 30.6 Å². The number of carbonyl (C=O) groups is 2. The van der Waals surface area contributed by atoms with Crippen LogP contribution < -0.4 is 5.32 Å². The molecule has 0 saturated heterocycles. The normalized spacial score (nSPS) is 16.7. The number of nitrogens with zero attached hydrogens (tertiary/aromatic N) is 3. The summed E-state index contributed by atoms with van der Waals surface area (Å²) in [7, 11) is 0. The van der Waals surface area contributed by atoms with Crippen molar-refractivity contribution in [3.8, 4) is 0 Å². The van der Waals surface area contributed by atoms with Gasteiger partial charge < -0.3 is 15.3 Å². The van der Waals surface area contributed by atoms with E-state index in [4.69, 9.17) is 0 Å². The molecule has 2 amide bonds. The van der Waals surface area contributed by atoms with E-state index in [1.165, 1.54) is 23.0 Å². The predicted molar refractivity (Wildman–Crippen MR) is 111 cm³/mol.